The van der Waals surface area contributed by atoms with E-state index in [4.69, 9.17) is 14.3 Å². The van der Waals surface area contributed by atoms with Crippen molar-refractivity contribution in [2.24, 2.45) is 29.1 Å². The fourth-order valence-electron chi connectivity index (χ4n) is 9.93. The van der Waals surface area contributed by atoms with Crippen LogP contribution in [0.4, 0.5) is 5.69 Å². The minimum atomic E-state index is -0.865. The number of hydrogen-bond donors (Lipinski definition) is 4. The lowest BCUT2D eigenvalue weighted by molar-refractivity contribution is -0.183. The fourth-order valence-corrected chi connectivity index (χ4v) is 9.93. The van der Waals surface area contributed by atoms with E-state index < -0.39 is 24.2 Å². The van der Waals surface area contributed by atoms with Crippen molar-refractivity contribution in [2.45, 2.75) is 103 Å². The number of likely N-dealkylation sites (tertiary alicyclic amines) is 1. The summed E-state index contributed by atoms with van der Waals surface area (Å²) in [4.78, 5) is 25.1. The van der Waals surface area contributed by atoms with Gasteiger partial charge in [-0.15, -0.1) is 0 Å². The number of nitrogens with one attached hydrogen (secondary N) is 2. The van der Waals surface area contributed by atoms with Gasteiger partial charge in [-0.3, -0.25) is 14.9 Å². The summed E-state index contributed by atoms with van der Waals surface area (Å²) in [5, 5.41) is 29.8. The molecule has 9 atom stereocenters. The molecule has 11 heteroatoms. The molecule has 11 nitrogen and oxygen atoms in total. The Bertz CT molecular complexity index is 1550. The highest BCUT2D eigenvalue weighted by Gasteiger charge is 2.57. The van der Waals surface area contributed by atoms with E-state index in [-0.39, 0.29) is 25.1 Å². The van der Waals surface area contributed by atoms with Gasteiger partial charge in [0.1, 0.15) is 17.9 Å². The number of hydrogen-bond acceptors (Lipinski definition) is 10. The van der Waals surface area contributed by atoms with Gasteiger partial charge >= 0.3 is 0 Å². The second-order valence-electron chi connectivity index (χ2n) is 17.1. The van der Waals surface area contributed by atoms with Gasteiger partial charge in [0.05, 0.1) is 39.7 Å². The molecule has 0 spiro atoms. The lowest BCUT2D eigenvalue weighted by atomic mass is 9.45. The molecule has 2 saturated heterocycles. The highest BCUT2D eigenvalue weighted by atomic mass is 16.7. The van der Waals surface area contributed by atoms with Crippen molar-refractivity contribution in [3.8, 4) is 16.9 Å². The van der Waals surface area contributed by atoms with E-state index in [2.05, 4.69) is 66.5 Å². The quantitative estimate of drug-likeness (QED) is 0.144. The van der Waals surface area contributed by atoms with Crippen molar-refractivity contribution in [1.82, 2.24) is 20.6 Å². The van der Waals surface area contributed by atoms with E-state index in [1.807, 2.05) is 32.3 Å². The molecule has 1 unspecified atom stereocenters. The summed E-state index contributed by atoms with van der Waals surface area (Å²) in [7, 11) is 7.94. The maximum absolute atomic E-state index is 14.2. The largest absolute Gasteiger partial charge is 0.496 e. The predicted molar refractivity (Wildman–Crippen MR) is 208 cm³/mol. The third kappa shape index (κ3) is 8.42. The Balaban J connectivity index is 1.19. The Morgan fingerprint density at radius 2 is 1.98 bits per heavy atom. The molecule has 3 aliphatic carbocycles. The first-order valence-electron chi connectivity index (χ1n) is 19.8. The zero-order valence-corrected chi connectivity index (χ0v) is 33.3. The molecule has 2 aromatic rings. The number of ether oxygens (including phenoxy) is 2. The second kappa shape index (κ2) is 16.9. The summed E-state index contributed by atoms with van der Waals surface area (Å²) in [6.45, 7) is 11.6. The van der Waals surface area contributed by atoms with E-state index in [0.717, 1.165) is 47.3 Å². The lowest BCUT2D eigenvalue weighted by Gasteiger charge is -2.62. The van der Waals surface area contributed by atoms with Gasteiger partial charge in [-0.1, -0.05) is 39.0 Å². The zero-order chi connectivity index (χ0) is 38.0. The van der Waals surface area contributed by atoms with Crippen molar-refractivity contribution >= 4 is 11.6 Å². The molecule has 3 saturated carbocycles. The van der Waals surface area contributed by atoms with Gasteiger partial charge in [0.15, 0.2) is 0 Å². The molecule has 2 aromatic carbocycles. The standard InChI is InChI=1S/C42H65N5O6/c1-26-35-20-31(42(35,3)4)21-36(26)44-41(50)39-38(27(2)49)37(23-48)53-47(39)22-29-11-9-13-34(40(29)51-8)30-17-28(18-33(19-30)45(5)6)24-52-25-43-15-14-32-12-10-16-46(32)7/h9,11,13,17-19,26-27,31-32,35-39,43,48-49H,10,12,14-16,20-25H2,1-8H3,(H,44,50)/t26-,27-,31+,32?,35-,36-,37-,38-,39-/m0/s1. The van der Waals surface area contributed by atoms with Gasteiger partial charge < -0.3 is 34.8 Å². The van der Waals surface area contributed by atoms with Gasteiger partial charge in [-0.2, -0.15) is 5.06 Å². The van der Waals surface area contributed by atoms with Gasteiger partial charge in [0, 0.05) is 48.9 Å². The van der Waals surface area contributed by atoms with Crippen molar-refractivity contribution in [3.05, 3.63) is 47.5 Å². The van der Waals surface area contributed by atoms with Crippen LogP contribution in [-0.4, -0.2) is 111 Å². The molecule has 53 heavy (non-hydrogen) atoms. The average molecular weight is 736 g/mol. The molecule has 5 fully saturated rings. The lowest BCUT2D eigenvalue weighted by Crippen LogP contribution is -2.62. The number of fused-ring (bicyclic) bond motifs is 2. The molecule has 0 radical (unpaired) electrons. The Labute approximate surface area is 317 Å². The van der Waals surface area contributed by atoms with Crippen molar-refractivity contribution in [2.75, 3.05) is 59.6 Å². The zero-order valence-electron chi connectivity index (χ0n) is 33.3. The van der Waals surface area contributed by atoms with Gasteiger partial charge in [0.25, 0.3) is 0 Å². The minimum absolute atomic E-state index is 0.0682. The van der Waals surface area contributed by atoms with Crippen LogP contribution in [0, 0.1) is 29.1 Å². The number of carbonyl (C=O) groups is 1. The Morgan fingerprint density at radius 1 is 1.19 bits per heavy atom. The summed E-state index contributed by atoms with van der Waals surface area (Å²) in [5.74, 6) is 1.45. The number of aliphatic hydroxyl groups excluding tert-OH is 2. The maximum atomic E-state index is 14.2. The maximum Gasteiger partial charge on any atom is 0.240 e. The fraction of sp³-hybridized carbons (Fsp3) is 0.690. The summed E-state index contributed by atoms with van der Waals surface area (Å²) < 4.78 is 12.2. The molecule has 1 amide bonds. The highest BCUT2D eigenvalue weighted by Crippen LogP contribution is 2.61. The van der Waals surface area contributed by atoms with Crippen molar-refractivity contribution < 1.29 is 29.3 Å². The van der Waals surface area contributed by atoms with E-state index in [0.29, 0.717) is 48.3 Å². The Morgan fingerprint density at radius 3 is 2.62 bits per heavy atom. The summed E-state index contributed by atoms with van der Waals surface area (Å²) in [6.07, 6.45) is 4.28. The van der Waals surface area contributed by atoms with E-state index in [9.17, 15) is 15.0 Å². The third-order valence-electron chi connectivity index (χ3n) is 13.3. The molecule has 2 heterocycles. The monoisotopic (exact) mass is 735 g/mol. The SMILES string of the molecule is COc1c(CN2O[C@@H](CO)[C@H]([C@H](C)O)[C@H]2C(=O)N[C@H]2C[C@H]3C[C@@H]([C@@H]2C)C3(C)C)cccc1-c1cc(COCNCCC2CCCN2C)cc(N(C)C)c1. The Kier molecular flexibility index (Phi) is 12.8. The van der Waals surface area contributed by atoms with Crippen LogP contribution in [0.15, 0.2) is 36.4 Å². The van der Waals surface area contributed by atoms with Gasteiger partial charge in [-0.05, 0) is 112 Å². The Hall–Kier alpha value is -2.77. The molecule has 294 valence electrons. The smallest absolute Gasteiger partial charge is 0.240 e. The second-order valence-corrected chi connectivity index (χ2v) is 17.1. The van der Waals surface area contributed by atoms with Crippen LogP contribution >= 0.6 is 0 Å². The molecular weight excluding hydrogens is 670 g/mol. The van der Waals surface area contributed by atoms with Gasteiger partial charge in [0.2, 0.25) is 5.91 Å². The normalized spacial score (nSPS) is 30.2. The van der Waals surface area contributed by atoms with E-state index in [1.165, 1.54) is 25.8 Å². The van der Waals surface area contributed by atoms with E-state index >= 15 is 0 Å². The molecule has 2 aliphatic heterocycles. The summed E-state index contributed by atoms with van der Waals surface area (Å²) >= 11 is 0. The molecule has 5 aliphatic rings. The average Bonchev–Trinajstić information content (AvgIpc) is 3.72. The number of benzene rings is 2. The number of amides is 1. The summed E-state index contributed by atoms with van der Waals surface area (Å²) in [6, 6.07) is 12.4. The molecule has 2 bridgehead atoms. The third-order valence-corrected chi connectivity index (χ3v) is 13.3. The first-order valence-corrected chi connectivity index (χ1v) is 19.8. The van der Waals surface area contributed by atoms with Gasteiger partial charge in [-0.25, -0.2) is 0 Å². The first-order chi connectivity index (χ1) is 25.3. The number of hydroxylamine groups is 2. The van der Waals surface area contributed by atoms with Crippen LogP contribution in [0.5, 0.6) is 5.75 Å². The molecule has 7 rings (SSSR count). The highest BCUT2D eigenvalue weighted by molar-refractivity contribution is 5.83. The molecule has 0 aromatic heterocycles. The van der Waals surface area contributed by atoms with Crippen LogP contribution in [-0.2, 0) is 27.5 Å². The number of para-hydroxylation sites is 1. The van der Waals surface area contributed by atoms with Crippen LogP contribution in [0.3, 0.4) is 0 Å². The number of carbonyl (C=O) groups excluding carboxylic acids is 1. The minimum Gasteiger partial charge on any atom is -0.496 e. The number of rotatable bonds is 16. The predicted octanol–water partition coefficient (Wildman–Crippen LogP) is 4.64. The topological polar surface area (TPSA) is 119 Å². The number of methoxy groups -OCH3 is 1. The van der Waals surface area contributed by atoms with Crippen LogP contribution in [0.1, 0.15) is 70.9 Å². The summed E-state index contributed by atoms with van der Waals surface area (Å²) in [5.41, 5.74) is 5.15. The van der Waals surface area contributed by atoms with Crippen LogP contribution in [0.25, 0.3) is 11.1 Å². The van der Waals surface area contributed by atoms with E-state index in [1.54, 1.807) is 19.1 Å². The number of aliphatic hydroxyl groups is 2. The van der Waals surface area contributed by atoms with Crippen molar-refractivity contribution in [1.29, 1.82) is 0 Å². The van der Waals surface area contributed by atoms with Crippen LogP contribution < -0.4 is 20.3 Å². The van der Waals surface area contributed by atoms with Crippen molar-refractivity contribution in [3.63, 3.8) is 0 Å². The van der Waals surface area contributed by atoms with Crippen LogP contribution in [0.2, 0.25) is 0 Å². The number of nitrogens with zero attached hydrogens (tertiary/aromatic N) is 3. The number of anilines is 1. The molecular formula is C42H65N5O6. The molecule has 4 N–H and O–H groups in total. The first kappa shape index (κ1) is 39.9.